The zero-order chi connectivity index (χ0) is 19.4. The number of sulfone groups is 1. The summed E-state index contributed by atoms with van der Waals surface area (Å²) in [5.74, 6) is 0. The van der Waals surface area contributed by atoms with Crippen LogP contribution in [0, 0.1) is 0 Å². The highest BCUT2D eigenvalue weighted by molar-refractivity contribution is 7.91. The number of aromatic nitrogens is 2. The van der Waals surface area contributed by atoms with E-state index < -0.39 is 15.1 Å². The van der Waals surface area contributed by atoms with Gasteiger partial charge in [-0.25, -0.2) is 13.4 Å². The van der Waals surface area contributed by atoms with E-state index in [0.29, 0.717) is 19.1 Å². The average Bonchev–Trinajstić information content (AvgIpc) is 3.31. The van der Waals surface area contributed by atoms with Crippen LogP contribution in [-0.4, -0.2) is 54.4 Å². The highest BCUT2D eigenvalue weighted by Crippen LogP contribution is 2.20. The van der Waals surface area contributed by atoms with Crippen molar-refractivity contribution in [3.05, 3.63) is 47.8 Å². The lowest BCUT2D eigenvalue weighted by Gasteiger charge is -2.23. The molecular formula is C20H29N3O3S. The number of ether oxygens (including phenoxy) is 1. The Labute approximate surface area is 162 Å². The van der Waals surface area contributed by atoms with Gasteiger partial charge in [0, 0.05) is 25.7 Å². The molecule has 0 aliphatic carbocycles. The van der Waals surface area contributed by atoms with Crippen molar-refractivity contribution in [2.75, 3.05) is 20.3 Å². The van der Waals surface area contributed by atoms with E-state index in [2.05, 4.69) is 29.1 Å². The van der Waals surface area contributed by atoms with Gasteiger partial charge in [-0.1, -0.05) is 30.3 Å². The van der Waals surface area contributed by atoms with Gasteiger partial charge in [0.15, 0.2) is 0 Å². The Bertz CT molecular complexity index is 841. The molecule has 0 spiro atoms. The Morgan fingerprint density at radius 3 is 2.67 bits per heavy atom. The molecule has 1 saturated heterocycles. The fourth-order valence-electron chi connectivity index (χ4n) is 3.34. The average molecular weight is 392 g/mol. The summed E-state index contributed by atoms with van der Waals surface area (Å²) in [5.41, 5.74) is 2.11. The van der Waals surface area contributed by atoms with Gasteiger partial charge in [-0.05, 0) is 39.3 Å². The standard InChI is InChI=1S/C20H29N3O3S/c1-16(2)27(24,25)20-21-13-19(14-22(3)18-10-12-26-15-18)23(20)11-9-17-7-5-4-6-8-17/h4-8,13,16,18H,9-12,14-15H2,1-3H3/t18-/m0/s1. The van der Waals surface area contributed by atoms with Crippen LogP contribution in [0.25, 0.3) is 0 Å². The molecule has 3 rings (SSSR count). The smallest absolute Gasteiger partial charge is 0.228 e. The Morgan fingerprint density at radius 1 is 1.30 bits per heavy atom. The van der Waals surface area contributed by atoms with Crippen LogP contribution >= 0.6 is 0 Å². The van der Waals surface area contributed by atoms with E-state index >= 15 is 0 Å². The lowest BCUT2D eigenvalue weighted by Crippen LogP contribution is -2.32. The third kappa shape index (κ3) is 4.59. The van der Waals surface area contributed by atoms with Gasteiger partial charge in [0.2, 0.25) is 15.0 Å². The summed E-state index contributed by atoms with van der Waals surface area (Å²) in [6, 6.07) is 10.5. The molecule has 0 unspecified atom stereocenters. The molecule has 1 aromatic carbocycles. The van der Waals surface area contributed by atoms with Gasteiger partial charge < -0.3 is 9.30 Å². The first kappa shape index (κ1) is 20.0. The Balaban J connectivity index is 1.86. The minimum Gasteiger partial charge on any atom is -0.380 e. The quantitative estimate of drug-likeness (QED) is 0.692. The van der Waals surface area contributed by atoms with Gasteiger partial charge in [-0.3, -0.25) is 4.90 Å². The molecule has 27 heavy (non-hydrogen) atoms. The maximum Gasteiger partial charge on any atom is 0.228 e. The first-order valence-electron chi connectivity index (χ1n) is 9.50. The highest BCUT2D eigenvalue weighted by Gasteiger charge is 2.28. The zero-order valence-electron chi connectivity index (χ0n) is 16.3. The van der Waals surface area contributed by atoms with Crippen molar-refractivity contribution in [2.24, 2.45) is 0 Å². The molecule has 1 fully saturated rings. The van der Waals surface area contributed by atoms with Crippen molar-refractivity contribution in [1.29, 1.82) is 0 Å². The number of imidazole rings is 1. The van der Waals surface area contributed by atoms with E-state index in [9.17, 15) is 8.42 Å². The summed E-state index contributed by atoms with van der Waals surface area (Å²) < 4.78 is 33.0. The predicted octanol–water partition coefficient (Wildman–Crippen LogP) is 2.53. The van der Waals surface area contributed by atoms with Crippen molar-refractivity contribution in [3.63, 3.8) is 0 Å². The molecule has 1 aromatic heterocycles. The molecule has 1 atom stereocenters. The zero-order valence-corrected chi connectivity index (χ0v) is 17.2. The first-order chi connectivity index (χ1) is 12.9. The summed E-state index contributed by atoms with van der Waals surface area (Å²) in [4.78, 5) is 6.55. The van der Waals surface area contributed by atoms with Crippen molar-refractivity contribution in [1.82, 2.24) is 14.5 Å². The number of rotatable bonds is 8. The highest BCUT2D eigenvalue weighted by atomic mass is 32.2. The van der Waals surface area contributed by atoms with Gasteiger partial charge >= 0.3 is 0 Å². The number of benzene rings is 1. The molecule has 0 bridgehead atoms. The Kier molecular flexibility index (Phi) is 6.34. The molecule has 1 aliphatic rings. The molecule has 1 aliphatic heterocycles. The molecular weight excluding hydrogens is 362 g/mol. The minimum atomic E-state index is -3.44. The predicted molar refractivity (Wildman–Crippen MR) is 105 cm³/mol. The van der Waals surface area contributed by atoms with Gasteiger partial charge in [0.05, 0.1) is 23.7 Å². The Hall–Kier alpha value is -1.70. The summed E-state index contributed by atoms with van der Waals surface area (Å²) in [5, 5.41) is -0.316. The van der Waals surface area contributed by atoms with E-state index in [1.165, 1.54) is 5.56 Å². The van der Waals surface area contributed by atoms with Crippen LogP contribution in [0.2, 0.25) is 0 Å². The van der Waals surface area contributed by atoms with Crippen LogP contribution < -0.4 is 0 Å². The normalized spacial score (nSPS) is 17.9. The van der Waals surface area contributed by atoms with Gasteiger partial charge in [-0.15, -0.1) is 0 Å². The van der Waals surface area contributed by atoms with Gasteiger partial charge in [0.25, 0.3) is 0 Å². The van der Waals surface area contributed by atoms with Crippen LogP contribution in [0.4, 0.5) is 0 Å². The third-order valence-electron chi connectivity index (χ3n) is 5.18. The van der Waals surface area contributed by atoms with Crippen molar-refractivity contribution < 1.29 is 13.2 Å². The number of likely N-dealkylation sites (N-methyl/N-ethyl adjacent to an activating group) is 1. The largest absolute Gasteiger partial charge is 0.380 e. The van der Waals surface area contributed by atoms with E-state index in [1.54, 1.807) is 20.0 Å². The number of aryl methyl sites for hydroxylation is 1. The summed E-state index contributed by atoms with van der Waals surface area (Å²) in [6.07, 6.45) is 3.49. The number of hydrogen-bond donors (Lipinski definition) is 0. The summed E-state index contributed by atoms with van der Waals surface area (Å²) in [7, 11) is -1.38. The van der Waals surface area contributed by atoms with E-state index in [1.807, 2.05) is 22.8 Å². The second kappa shape index (κ2) is 8.54. The maximum atomic E-state index is 12.8. The van der Waals surface area contributed by atoms with E-state index in [4.69, 9.17) is 4.74 Å². The molecule has 6 nitrogen and oxygen atoms in total. The second-order valence-electron chi connectivity index (χ2n) is 7.45. The molecule has 2 heterocycles. The molecule has 0 radical (unpaired) electrons. The van der Waals surface area contributed by atoms with Crippen molar-refractivity contribution >= 4 is 9.84 Å². The molecule has 0 saturated carbocycles. The van der Waals surface area contributed by atoms with Gasteiger partial charge in [-0.2, -0.15) is 0 Å². The third-order valence-corrected chi connectivity index (χ3v) is 7.26. The van der Waals surface area contributed by atoms with E-state index in [-0.39, 0.29) is 5.16 Å². The fraction of sp³-hybridized carbons (Fsp3) is 0.550. The summed E-state index contributed by atoms with van der Waals surface area (Å²) in [6.45, 7) is 6.17. The first-order valence-corrected chi connectivity index (χ1v) is 11.0. The SMILES string of the molecule is CC(C)S(=O)(=O)c1ncc(CN(C)[C@H]2CCOC2)n1CCc1ccccc1. The lowest BCUT2D eigenvalue weighted by molar-refractivity contribution is 0.155. The molecule has 2 aromatic rings. The van der Waals surface area contributed by atoms with E-state index in [0.717, 1.165) is 31.7 Å². The lowest BCUT2D eigenvalue weighted by atomic mass is 10.1. The van der Waals surface area contributed by atoms with Crippen LogP contribution in [0.3, 0.4) is 0 Å². The monoisotopic (exact) mass is 391 g/mol. The van der Waals surface area contributed by atoms with Crippen LogP contribution in [-0.2, 0) is 34.1 Å². The van der Waals surface area contributed by atoms with Gasteiger partial charge in [0.1, 0.15) is 0 Å². The van der Waals surface area contributed by atoms with Crippen LogP contribution in [0.15, 0.2) is 41.7 Å². The molecule has 148 valence electrons. The summed E-state index contributed by atoms with van der Waals surface area (Å²) >= 11 is 0. The fourth-order valence-corrected chi connectivity index (χ4v) is 4.47. The number of nitrogens with zero attached hydrogens (tertiary/aromatic N) is 3. The molecule has 7 heteroatoms. The molecule has 0 amide bonds. The topological polar surface area (TPSA) is 64.4 Å². The van der Waals surface area contributed by atoms with Crippen LogP contribution in [0.1, 0.15) is 31.5 Å². The second-order valence-corrected chi connectivity index (χ2v) is 9.84. The Morgan fingerprint density at radius 2 is 2.04 bits per heavy atom. The molecule has 0 N–H and O–H groups in total. The van der Waals surface area contributed by atoms with Crippen molar-refractivity contribution in [3.8, 4) is 0 Å². The minimum absolute atomic E-state index is 0.180. The van der Waals surface area contributed by atoms with Crippen LogP contribution in [0.5, 0.6) is 0 Å². The maximum absolute atomic E-state index is 12.8. The number of hydrogen-bond acceptors (Lipinski definition) is 5. The van der Waals surface area contributed by atoms with Crippen molar-refractivity contribution in [2.45, 2.75) is 56.2 Å².